The average molecular weight is 359 g/mol. The Balaban J connectivity index is 1.46. The Kier molecular flexibility index (Phi) is 11.2. The van der Waals surface area contributed by atoms with Crippen molar-refractivity contribution in [2.24, 2.45) is 0 Å². The van der Waals surface area contributed by atoms with Crippen molar-refractivity contribution >= 4 is 0 Å². The fourth-order valence-electron chi connectivity index (χ4n) is 3.25. The Morgan fingerprint density at radius 2 is 1.58 bits per heavy atom. The van der Waals surface area contributed by atoms with Crippen molar-refractivity contribution < 1.29 is 9.47 Å². The van der Waals surface area contributed by atoms with Crippen LogP contribution in [0.3, 0.4) is 0 Å². The summed E-state index contributed by atoms with van der Waals surface area (Å²) in [5.74, 6) is 1.02. The van der Waals surface area contributed by atoms with E-state index in [9.17, 15) is 0 Å². The SMILES string of the molecule is CCCCCCCCCCC/C=C/CCc1ccccc1OCC1CO1. The van der Waals surface area contributed by atoms with Gasteiger partial charge in [0.25, 0.3) is 0 Å². The molecule has 0 bridgehead atoms. The highest BCUT2D eigenvalue weighted by atomic mass is 16.6. The lowest BCUT2D eigenvalue weighted by Gasteiger charge is -2.09. The van der Waals surface area contributed by atoms with Crippen molar-refractivity contribution in [3.8, 4) is 5.75 Å². The number of allylic oxidation sites excluding steroid dienone is 2. The van der Waals surface area contributed by atoms with E-state index < -0.39 is 0 Å². The van der Waals surface area contributed by atoms with Crippen molar-refractivity contribution in [1.82, 2.24) is 0 Å². The highest BCUT2D eigenvalue weighted by molar-refractivity contribution is 5.33. The topological polar surface area (TPSA) is 21.8 Å². The predicted octanol–water partition coefficient (Wildman–Crippen LogP) is 6.87. The second kappa shape index (κ2) is 13.9. The first-order valence-corrected chi connectivity index (χ1v) is 10.9. The maximum absolute atomic E-state index is 5.88. The highest BCUT2D eigenvalue weighted by Crippen LogP contribution is 2.21. The summed E-state index contributed by atoms with van der Waals surface area (Å²) in [6, 6.07) is 8.40. The monoisotopic (exact) mass is 358 g/mol. The second-order valence-electron chi connectivity index (χ2n) is 7.50. The van der Waals surface area contributed by atoms with E-state index in [-0.39, 0.29) is 0 Å². The number of para-hydroxylation sites is 1. The van der Waals surface area contributed by atoms with Crippen LogP contribution in [-0.4, -0.2) is 19.3 Å². The number of unbranched alkanes of at least 4 members (excludes halogenated alkanes) is 9. The van der Waals surface area contributed by atoms with E-state index in [2.05, 4.69) is 37.3 Å². The Labute approximate surface area is 161 Å². The molecule has 146 valence electrons. The molecule has 0 aliphatic carbocycles. The number of benzene rings is 1. The molecule has 1 fully saturated rings. The van der Waals surface area contributed by atoms with Gasteiger partial charge in [-0.25, -0.2) is 0 Å². The van der Waals surface area contributed by atoms with Gasteiger partial charge in [-0.2, -0.15) is 0 Å². The van der Waals surface area contributed by atoms with Crippen LogP contribution in [0.25, 0.3) is 0 Å². The lowest BCUT2D eigenvalue weighted by molar-refractivity contribution is 0.261. The average Bonchev–Trinajstić information content (AvgIpc) is 3.49. The molecule has 1 aromatic rings. The summed E-state index contributed by atoms with van der Waals surface area (Å²) in [6.07, 6.45) is 21.0. The number of epoxide rings is 1. The van der Waals surface area contributed by atoms with Gasteiger partial charge in [-0.15, -0.1) is 0 Å². The van der Waals surface area contributed by atoms with E-state index in [0.717, 1.165) is 25.2 Å². The summed E-state index contributed by atoms with van der Waals surface area (Å²) < 4.78 is 11.1. The summed E-state index contributed by atoms with van der Waals surface area (Å²) in [5.41, 5.74) is 1.31. The van der Waals surface area contributed by atoms with Crippen molar-refractivity contribution in [2.75, 3.05) is 13.2 Å². The van der Waals surface area contributed by atoms with Gasteiger partial charge in [0.1, 0.15) is 18.5 Å². The van der Waals surface area contributed by atoms with E-state index in [1.165, 1.54) is 69.8 Å². The van der Waals surface area contributed by atoms with Gasteiger partial charge in [-0.05, 0) is 37.3 Å². The van der Waals surface area contributed by atoms with Crippen LogP contribution >= 0.6 is 0 Å². The molecule has 0 aromatic heterocycles. The fraction of sp³-hybridized carbons (Fsp3) is 0.667. The summed E-state index contributed by atoms with van der Waals surface area (Å²) in [4.78, 5) is 0. The van der Waals surface area contributed by atoms with Crippen molar-refractivity contribution in [3.05, 3.63) is 42.0 Å². The Morgan fingerprint density at radius 1 is 0.923 bits per heavy atom. The van der Waals surface area contributed by atoms with Gasteiger partial charge in [-0.1, -0.05) is 88.6 Å². The number of hydrogen-bond acceptors (Lipinski definition) is 2. The molecule has 0 saturated carbocycles. The molecule has 26 heavy (non-hydrogen) atoms. The standard InChI is InChI=1S/C24H38O2/c1-2-3-4-5-6-7-8-9-10-11-12-13-14-17-22-18-15-16-19-24(22)26-21-23-20-25-23/h12-13,15-16,18-19,23H,2-11,14,17,20-21H2,1H3/b13-12+. The van der Waals surface area contributed by atoms with Crippen LogP contribution in [0, 0.1) is 0 Å². The van der Waals surface area contributed by atoms with E-state index >= 15 is 0 Å². The third-order valence-electron chi connectivity index (χ3n) is 5.02. The predicted molar refractivity (Wildman–Crippen MR) is 111 cm³/mol. The smallest absolute Gasteiger partial charge is 0.122 e. The molecule has 0 amide bonds. The van der Waals surface area contributed by atoms with Crippen LogP contribution in [0.4, 0.5) is 0 Å². The summed E-state index contributed by atoms with van der Waals surface area (Å²) >= 11 is 0. The molecular formula is C24H38O2. The summed E-state index contributed by atoms with van der Waals surface area (Å²) in [6.45, 7) is 3.82. The lowest BCUT2D eigenvalue weighted by atomic mass is 10.1. The molecule has 1 heterocycles. The molecule has 1 aliphatic heterocycles. The summed E-state index contributed by atoms with van der Waals surface area (Å²) in [5, 5.41) is 0. The Morgan fingerprint density at radius 3 is 2.31 bits per heavy atom. The normalized spacial score (nSPS) is 16.3. The molecule has 2 nitrogen and oxygen atoms in total. The maximum atomic E-state index is 5.88. The first-order chi connectivity index (χ1) is 12.9. The van der Waals surface area contributed by atoms with Crippen LogP contribution < -0.4 is 4.74 Å². The Bertz CT molecular complexity index is 491. The minimum atomic E-state index is 0.319. The van der Waals surface area contributed by atoms with E-state index in [1.807, 2.05) is 6.07 Å². The zero-order valence-corrected chi connectivity index (χ0v) is 16.8. The van der Waals surface area contributed by atoms with E-state index in [4.69, 9.17) is 9.47 Å². The van der Waals surface area contributed by atoms with Crippen LogP contribution in [0.2, 0.25) is 0 Å². The molecule has 1 aliphatic rings. The van der Waals surface area contributed by atoms with Gasteiger partial charge >= 0.3 is 0 Å². The molecular weight excluding hydrogens is 320 g/mol. The van der Waals surface area contributed by atoms with Gasteiger partial charge in [0.15, 0.2) is 0 Å². The van der Waals surface area contributed by atoms with Crippen LogP contribution in [0.1, 0.15) is 83.1 Å². The number of ether oxygens (including phenoxy) is 2. The second-order valence-corrected chi connectivity index (χ2v) is 7.50. The number of rotatable bonds is 16. The Hall–Kier alpha value is -1.28. The van der Waals surface area contributed by atoms with Gasteiger partial charge in [0.2, 0.25) is 0 Å². The van der Waals surface area contributed by atoms with Gasteiger partial charge < -0.3 is 9.47 Å². The molecule has 1 saturated heterocycles. The molecule has 0 spiro atoms. The zero-order chi connectivity index (χ0) is 18.3. The maximum Gasteiger partial charge on any atom is 0.122 e. The zero-order valence-electron chi connectivity index (χ0n) is 16.8. The van der Waals surface area contributed by atoms with Crippen LogP contribution in [0.15, 0.2) is 36.4 Å². The lowest BCUT2D eigenvalue weighted by Crippen LogP contribution is -2.05. The third-order valence-corrected chi connectivity index (χ3v) is 5.02. The van der Waals surface area contributed by atoms with Gasteiger partial charge in [0.05, 0.1) is 6.61 Å². The van der Waals surface area contributed by atoms with Crippen molar-refractivity contribution in [1.29, 1.82) is 0 Å². The van der Waals surface area contributed by atoms with Crippen molar-refractivity contribution in [3.63, 3.8) is 0 Å². The van der Waals surface area contributed by atoms with Gasteiger partial charge in [0, 0.05) is 0 Å². The van der Waals surface area contributed by atoms with E-state index in [1.54, 1.807) is 0 Å². The van der Waals surface area contributed by atoms with Crippen molar-refractivity contribution in [2.45, 2.75) is 90.1 Å². The third kappa shape index (κ3) is 10.0. The quantitative estimate of drug-likeness (QED) is 0.183. The minimum Gasteiger partial charge on any atom is -0.491 e. The molecule has 2 rings (SSSR count). The molecule has 1 atom stereocenters. The molecule has 1 unspecified atom stereocenters. The highest BCUT2D eigenvalue weighted by Gasteiger charge is 2.23. The number of hydrogen-bond donors (Lipinski definition) is 0. The summed E-state index contributed by atoms with van der Waals surface area (Å²) in [7, 11) is 0. The molecule has 1 aromatic carbocycles. The molecule has 0 N–H and O–H groups in total. The number of aryl methyl sites for hydroxylation is 1. The first-order valence-electron chi connectivity index (χ1n) is 10.9. The van der Waals surface area contributed by atoms with Gasteiger partial charge in [-0.3, -0.25) is 0 Å². The van der Waals surface area contributed by atoms with Crippen LogP contribution in [-0.2, 0) is 11.2 Å². The largest absolute Gasteiger partial charge is 0.491 e. The first kappa shape index (κ1) is 21.0. The van der Waals surface area contributed by atoms with E-state index in [0.29, 0.717) is 12.7 Å². The minimum absolute atomic E-state index is 0.319. The fourth-order valence-corrected chi connectivity index (χ4v) is 3.25. The van der Waals surface area contributed by atoms with Crippen LogP contribution in [0.5, 0.6) is 5.75 Å². The molecule has 2 heteroatoms. The molecule has 0 radical (unpaired) electrons.